The zero-order valence-electron chi connectivity index (χ0n) is 14.5. The monoisotopic (exact) mass is 344 g/mol. The van der Waals surface area contributed by atoms with Crippen LogP contribution in [-0.4, -0.2) is 21.6 Å². The molecule has 0 spiro atoms. The molecule has 1 aromatic carbocycles. The number of hydrogen-bond acceptors (Lipinski definition) is 3. The van der Waals surface area contributed by atoms with E-state index in [9.17, 15) is 14.0 Å². The molecule has 7 heteroatoms. The van der Waals surface area contributed by atoms with Crippen LogP contribution in [0.25, 0.3) is 0 Å². The quantitative estimate of drug-likeness (QED) is 0.791. The number of aromatic nitrogens is 2. The Morgan fingerprint density at radius 3 is 2.64 bits per heavy atom. The zero-order valence-corrected chi connectivity index (χ0v) is 14.5. The predicted octanol–water partition coefficient (Wildman–Crippen LogP) is 2.87. The third-order valence-corrected chi connectivity index (χ3v) is 3.95. The highest BCUT2D eigenvalue weighted by atomic mass is 19.1. The largest absolute Gasteiger partial charge is 0.326 e. The number of amides is 2. The van der Waals surface area contributed by atoms with Gasteiger partial charge in [0, 0.05) is 24.8 Å². The minimum absolute atomic E-state index is 0.0124. The van der Waals surface area contributed by atoms with Gasteiger partial charge in [0.05, 0.1) is 11.4 Å². The molecule has 2 rings (SSSR count). The Bertz CT molecular complexity index is 827. The second-order valence-corrected chi connectivity index (χ2v) is 5.71. The van der Waals surface area contributed by atoms with Gasteiger partial charge in [-0.15, -0.1) is 0 Å². The summed E-state index contributed by atoms with van der Waals surface area (Å²) in [6.45, 7) is 7.19. The molecule has 2 aromatic rings. The van der Waals surface area contributed by atoms with Gasteiger partial charge in [-0.25, -0.2) is 4.39 Å². The molecule has 0 saturated heterocycles. The first-order valence-electron chi connectivity index (χ1n) is 7.83. The molecule has 2 amide bonds. The van der Waals surface area contributed by atoms with Crippen molar-refractivity contribution >= 4 is 23.2 Å². The lowest BCUT2D eigenvalue weighted by Crippen LogP contribution is -2.14. The van der Waals surface area contributed by atoms with E-state index >= 15 is 0 Å². The van der Waals surface area contributed by atoms with Gasteiger partial charge in [-0.1, -0.05) is 6.58 Å². The molecule has 132 valence electrons. The maximum absolute atomic E-state index is 13.7. The summed E-state index contributed by atoms with van der Waals surface area (Å²) in [5.74, 6) is -1.31. The first-order chi connectivity index (χ1) is 11.8. The van der Waals surface area contributed by atoms with E-state index in [1.807, 2.05) is 20.9 Å². The molecular weight excluding hydrogens is 323 g/mol. The molecule has 6 nitrogen and oxygen atoms in total. The Morgan fingerprint density at radius 1 is 1.32 bits per heavy atom. The maximum atomic E-state index is 13.7. The van der Waals surface area contributed by atoms with Crippen LogP contribution in [0.1, 0.15) is 23.4 Å². The van der Waals surface area contributed by atoms with E-state index in [4.69, 9.17) is 0 Å². The van der Waals surface area contributed by atoms with Crippen LogP contribution < -0.4 is 10.6 Å². The number of aryl methyl sites for hydroxylation is 2. The summed E-state index contributed by atoms with van der Waals surface area (Å²) in [6, 6.07) is 4.00. The number of rotatable bonds is 6. The van der Waals surface area contributed by atoms with Crippen LogP contribution in [0.4, 0.5) is 15.8 Å². The minimum Gasteiger partial charge on any atom is -0.326 e. The fraction of sp³-hybridized carbons (Fsp3) is 0.278. The molecule has 0 aliphatic carbocycles. The highest BCUT2D eigenvalue weighted by molar-refractivity contribution is 5.99. The number of carbonyl (C=O) groups is 2. The van der Waals surface area contributed by atoms with Gasteiger partial charge in [-0.2, -0.15) is 5.10 Å². The molecule has 0 atom stereocenters. The van der Waals surface area contributed by atoms with Crippen molar-refractivity contribution in [1.82, 2.24) is 9.78 Å². The van der Waals surface area contributed by atoms with Crippen LogP contribution in [0, 0.1) is 19.7 Å². The molecule has 0 unspecified atom stereocenters. The molecule has 0 fully saturated rings. The molecule has 25 heavy (non-hydrogen) atoms. The van der Waals surface area contributed by atoms with Crippen molar-refractivity contribution in [1.29, 1.82) is 0 Å². The number of benzene rings is 1. The Morgan fingerprint density at radius 2 is 2.04 bits per heavy atom. The number of nitrogens with zero attached hydrogens (tertiary/aromatic N) is 2. The van der Waals surface area contributed by atoms with Gasteiger partial charge in [0.15, 0.2) is 0 Å². The lowest BCUT2D eigenvalue weighted by molar-refractivity contribution is -0.116. The van der Waals surface area contributed by atoms with Crippen molar-refractivity contribution in [3.63, 3.8) is 0 Å². The smallest absolute Gasteiger partial charge is 0.247 e. The topological polar surface area (TPSA) is 76.0 Å². The van der Waals surface area contributed by atoms with Gasteiger partial charge in [0.2, 0.25) is 11.8 Å². The van der Waals surface area contributed by atoms with Crippen LogP contribution in [0.2, 0.25) is 0 Å². The molecule has 0 radical (unpaired) electrons. The number of carbonyl (C=O) groups excluding carboxylic acids is 2. The minimum atomic E-state index is -0.588. The summed E-state index contributed by atoms with van der Waals surface area (Å²) in [5, 5.41) is 9.39. The molecular formula is C18H21FN4O2. The maximum Gasteiger partial charge on any atom is 0.247 e. The van der Waals surface area contributed by atoms with Crippen LogP contribution in [0.5, 0.6) is 0 Å². The van der Waals surface area contributed by atoms with E-state index in [1.165, 1.54) is 18.2 Å². The van der Waals surface area contributed by atoms with Gasteiger partial charge in [0.1, 0.15) is 5.82 Å². The number of halogens is 1. The summed E-state index contributed by atoms with van der Waals surface area (Å²) < 4.78 is 15.5. The molecule has 0 aliphatic heterocycles. The van der Waals surface area contributed by atoms with Gasteiger partial charge in [0.25, 0.3) is 0 Å². The predicted molar refractivity (Wildman–Crippen MR) is 94.9 cm³/mol. The third-order valence-electron chi connectivity index (χ3n) is 3.95. The number of hydrogen-bond donors (Lipinski definition) is 2. The number of anilines is 2. The van der Waals surface area contributed by atoms with E-state index in [1.54, 1.807) is 4.68 Å². The second kappa shape index (κ2) is 7.74. The lowest BCUT2D eigenvalue weighted by Gasteiger charge is -2.09. The fourth-order valence-corrected chi connectivity index (χ4v) is 2.52. The first kappa shape index (κ1) is 18.4. The van der Waals surface area contributed by atoms with Gasteiger partial charge in [-0.05, 0) is 50.1 Å². The molecule has 0 bridgehead atoms. The summed E-state index contributed by atoms with van der Waals surface area (Å²) in [7, 11) is 1.86. The SMILES string of the molecule is C=CC(=O)Nc1cc(NC(=O)CCc2c(C)nn(C)c2C)ccc1F. The van der Waals surface area contributed by atoms with E-state index in [0.29, 0.717) is 12.1 Å². The Balaban J connectivity index is 2.01. The average molecular weight is 344 g/mol. The van der Waals surface area contributed by atoms with Gasteiger partial charge < -0.3 is 10.6 Å². The van der Waals surface area contributed by atoms with Crippen LogP contribution in [-0.2, 0) is 23.1 Å². The van der Waals surface area contributed by atoms with Crippen molar-refractivity contribution in [2.24, 2.45) is 7.05 Å². The highest BCUT2D eigenvalue weighted by Gasteiger charge is 2.12. The van der Waals surface area contributed by atoms with Crippen molar-refractivity contribution in [2.45, 2.75) is 26.7 Å². The second-order valence-electron chi connectivity index (χ2n) is 5.71. The van der Waals surface area contributed by atoms with Crippen molar-refractivity contribution in [3.8, 4) is 0 Å². The van der Waals surface area contributed by atoms with E-state index < -0.39 is 11.7 Å². The van der Waals surface area contributed by atoms with Gasteiger partial charge >= 0.3 is 0 Å². The van der Waals surface area contributed by atoms with E-state index in [2.05, 4.69) is 22.3 Å². The fourth-order valence-electron chi connectivity index (χ4n) is 2.52. The van der Waals surface area contributed by atoms with Crippen LogP contribution in [0.3, 0.4) is 0 Å². The molecule has 1 aromatic heterocycles. The first-order valence-corrected chi connectivity index (χ1v) is 7.83. The average Bonchev–Trinajstić information content (AvgIpc) is 2.81. The normalized spacial score (nSPS) is 10.4. The Labute approximate surface area is 145 Å². The Kier molecular flexibility index (Phi) is 5.69. The third kappa shape index (κ3) is 4.53. The summed E-state index contributed by atoms with van der Waals surface area (Å²) in [5.41, 5.74) is 3.38. The summed E-state index contributed by atoms with van der Waals surface area (Å²) >= 11 is 0. The van der Waals surface area contributed by atoms with Crippen molar-refractivity contribution < 1.29 is 14.0 Å². The molecule has 0 saturated carbocycles. The van der Waals surface area contributed by atoms with E-state index in [0.717, 1.165) is 23.0 Å². The lowest BCUT2D eigenvalue weighted by atomic mass is 10.1. The number of nitrogens with one attached hydrogen (secondary N) is 2. The molecule has 2 N–H and O–H groups in total. The Hall–Kier alpha value is -2.96. The summed E-state index contributed by atoms with van der Waals surface area (Å²) in [6.07, 6.45) is 1.89. The van der Waals surface area contributed by atoms with Crippen molar-refractivity contribution in [3.05, 3.63) is 53.6 Å². The van der Waals surface area contributed by atoms with Crippen LogP contribution in [0.15, 0.2) is 30.9 Å². The highest BCUT2D eigenvalue weighted by Crippen LogP contribution is 2.20. The van der Waals surface area contributed by atoms with Crippen molar-refractivity contribution in [2.75, 3.05) is 10.6 Å². The van der Waals surface area contributed by atoms with E-state index in [-0.39, 0.29) is 18.0 Å². The summed E-state index contributed by atoms with van der Waals surface area (Å²) in [4.78, 5) is 23.5. The zero-order chi connectivity index (χ0) is 18.6. The van der Waals surface area contributed by atoms with Gasteiger partial charge in [-0.3, -0.25) is 14.3 Å². The molecule has 0 aliphatic rings. The van der Waals surface area contributed by atoms with Crippen LogP contribution >= 0.6 is 0 Å². The standard InChI is InChI=1S/C18H21FN4O2/c1-5-17(24)21-16-10-13(6-8-15(16)19)20-18(25)9-7-14-11(2)22-23(4)12(14)3/h5-6,8,10H,1,7,9H2,2-4H3,(H,20,25)(H,21,24). The molecule has 1 heterocycles.